The Balaban J connectivity index is 2.35. The highest BCUT2D eigenvalue weighted by Crippen LogP contribution is 2.36. The van der Waals surface area contributed by atoms with Gasteiger partial charge in [0, 0.05) is 26.1 Å². The van der Waals surface area contributed by atoms with Crippen molar-refractivity contribution in [1.29, 1.82) is 0 Å². The SMILES string of the molecule is CC(C)(C)c1ccc(C2(N=C=O)CCOCC2)cc1. The Morgan fingerprint density at radius 3 is 2.21 bits per heavy atom. The maximum absolute atomic E-state index is 10.7. The first-order valence-corrected chi connectivity index (χ1v) is 6.76. The molecule has 1 aromatic rings. The molecule has 3 heteroatoms. The van der Waals surface area contributed by atoms with Gasteiger partial charge in [-0.1, -0.05) is 45.0 Å². The number of hydrogen-bond donors (Lipinski definition) is 0. The van der Waals surface area contributed by atoms with Crippen molar-refractivity contribution in [3.8, 4) is 0 Å². The minimum atomic E-state index is -0.434. The van der Waals surface area contributed by atoms with Gasteiger partial charge in [0.1, 0.15) is 5.54 Å². The zero-order valence-electron chi connectivity index (χ0n) is 11.9. The van der Waals surface area contributed by atoms with Crippen LogP contribution in [0.2, 0.25) is 0 Å². The summed E-state index contributed by atoms with van der Waals surface area (Å²) >= 11 is 0. The predicted octanol–water partition coefficient (Wildman–Crippen LogP) is 3.33. The molecule has 0 aromatic heterocycles. The standard InChI is InChI=1S/C16H21NO2/c1-15(2,3)13-4-6-14(7-5-13)16(17-12-18)8-10-19-11-9-16/h4-7H,8-11H2,1-3H3. The van der Waals surface area contributed by atoms with Gasteiger partial charge in [0.15, 0.2) is 0 Å². The summed E-state index contributed by atoms with van der Waals surface area (Å²) < 4.78 is 5.38. The number of hydrogen-bond acceptors (Lipinski definition) is 3. The molecule has 0 unspecified atom stereocenters. The molecule has 0 radical (unpaired) electrons. The van der Waals surface area contributed by atoms with Crippen LogP contribution in [-0.4, -0.2) is 19.3 Å². The van der Waals surface area contributed by atoms with Crippen LogP contribution in [0.4, 0.5) is 0 Å². The third-order valence-corrected chi connectivity index (χ3v) is 3.87. The van der Waals surface area contributed by atoms with Gasteiger partial charge in [-0.25, -0.2) is 4.79 Å². The Morgan fingerprint density at radius 2 is 1.74 bits per heavy atom. The first kappa shape index (κ1) is 14.0. The monoisotopic (exact) mass is 259 g/mol. The van der Waals surface area contributed by atoms with Crippen molar-refractivity contribution in [1.82, 2.24) is 0 Å². The van der Waals surface area contributed by atoms with Crippen LogP contribution in [0.5, 0.6) is 0 Å². The topological polar surface area (TPSA) is 38.7 Å². The minimum Gasteiger partial charge on any atom is -0.381 e. The lowest BCUT2D eigenvalue weighted by Gasteiger charge is -2.33. The Morgan fingerprint density at radius 1 is 1.16 bits per heavy atom. The van der Waals surface area contributed by atoms with Gasteiger partial charge < -0.3 is 4.74 Å². The van der Waals surface area contributed by atoms with Crippen molar-refractivity contribution in [2.45, 2.75) is 44.6 Å². The van der Waals surface area contributed by atoms with Crippen molar-refractivity contribution >= 4 is 6.08 Å². The van der Waals surface area contributed by atoms with Crippen LogP contribution < -0.4 is 0 Å². The van der Waals surface area contributed by atoms with Gasteiger partial charge in [-0.15, -0.1) is 0 Å². The zero-order chi connectivity index (χ0) is 13.9. The summed E-state index contributed by atoms with van der Waals surface area (Å²) in [7, 11) is 0. The second-order valence-corrected chi connectivity index (χ2v) is 6.17. The lowest BCUT2D eigenvalue weighted by atomic mass is 9.80. The number of carbonyl (C=O) groups excluding carboxylic acids is 1. The predicted molar refractivity (Wildman–Crippen MR) is 75.0 cm³/mol. The van der Waals surface area contributed by atoms with Crippen LogP contribution in [0, 0.1) is 0 Å². The summed E-state index contributed by atoms with van der Waals surface area (Å²) in [5.41, 5.74) is 2.08. The highest BCUT2D eigenvalue weighted by molar-refractivity contribution is 5.39. The molecular formula is C16H21NO2. The van der Waals surface area contributed by atoms with Gasteiger partial charge in [-0.2, -0.15) is 4.99 Å². The molecule has 2 rings (SSSR count). The molecule has 0 saturated carbocycles. The van der Waals surface area contributed by atoms with Crippen LogP contribution in [0.3, 0.4) is 0 Å². The molecular weight excluding hydrogens is 238 g/mol. The highest BCUT2D eigenvalue weighted by Gasteiger charge is 2.34. The smallest absolute Gasteiger partial charge is 0.235 e. The summed E-state index contributed by atoms with van der Waals surface area (Å²) in [6.45, 7) is 7.86. The third kappa shape index (κ3) is 2.94. The van der Waals surface area contributed by atoms with Crippen molar-refractivity contribution in [3.63, 3.8) is 0 Å². The lowest BCUT2D eigenvalue weighted by Crippen LogP contribution is -2.32. The van der Waals surface area contributed by atoms with Crippen LogP contribution in [0.15, 0.2) is 29.3 Å². The Labute approximate surface area is 114 Å². The first-order valence-electron chi connectivity index (χ1n) is 6.76. The van der Waals surface area contributed by atoms with Crippen molar-refractivity contribution in [2.24, 2.45) is 4.99 Å². The molecule has 0 amide bonds. The van der Waals surface area contributed by atoms with Crippen molar-refractivity contribution < 1.29 is 9.53 Å². The normalized spacial score (nSPS) is 18.7. The van der Waals surface area contributed by atoms with Crippen LogP contribution in [-0.2, 0) is 20.5 Å². The van der Waals surface area contributed by atoms with E-state index >= 15 is 0 Å². The summed E-state index contributed by atoms with van der Waals surface area (Å²) in [5.74, 6) is 0. The van der Waals surface area contributed by atoms with Crippen LogP contribution in [0.25, 0.3) is 0 Å². The van der Waals surface area contributed by atoms with E-state index in [0.717, 1.165) is 18.4 Å². The van der Waals surface area contributed by atoms with E-state index in [0.29, 0.717) is 13.2 Å². The molecule has 0 bridgehead atoms. The van der Waals surface area contributed by atoms with E-state index < -0.39 is 5.54 Å². The molecule has 1 fully saturated rings. The summed E-state index contributed by atoms with van der Waals surface area (Å²) in [6.07, 6.45) is 3.24. The quantitative estimate of drug-likeness (QED) is 0.603. The largest absolute Gasteiger partial charge is 0.381 e. The molecule has 0 aliphatic carbocycles. The summed E-state index contributed by atoms with van der Waals surface area (Å²) in [4.78, 5) is 14.8. The summed E-state index contributed by atoms with van der Waals surface area (Å²) in [5, 5.41) is 0. The van der Waals surface area contributed by atoms with E-state index in [1.807, 2.05) is 0 Å². The lowest BCUT2D eigenvalue weighted by molar-refractivity contribution is 0.0531. The minimum absolute atomic E-state index is 0.134. The molecule has 1 heterocycles. The summed E-state index contributed by atoms with van der Waals surface area (Å²) in [6, 6.07) is 8.44. The van der Waals surface area contributed by atoms with Gasteiger partial charge in [0.05, 0.1) is 0 Å². The molecule has 19 heavy (non-hydrogen) atoms. The van der Waals surface area contributed by atoms with Gasteiger partial charge >= 0.3 is 0 Å². The van der Waals surface area contributed by atoms with Crippen molar-refractivity contribution in [2.75, 3.05) is 13.2 Å². The van der Waals surface area contributed by atoms with Crippen molar-refractivity contribution in [3.05, 3.63) is 35.4 Å². The average molecular weight is 259 g/mol. The van der Waals surface area contributed by atoms with E-state index in [1.54, 1.807) is 6.08 Å². The third-order valence-electron chi connectivity index (χ3n) is 3.87. The maximum atomic E-state index is 10.7. The molecule has 0 N–H and O–H groups in total. The fourth-order valence-corrected chi connectivity index (χ4v) is 2.54. The molecule has 3 nitrogen and oxygen atoms in total. The second-order valence-electron chi connectivity index (χ2n) is 6.17. The van der Waals surface area contributed by atoms with Gasteiger partial charge in [0.25, 0.3) is 0 Å². The fourth-order valence-electron chi connectivity index (χ4n) is 2.54. The number of ether oxygens (including phenoxy) is 1. The van der Waals surface area contributed by atoms with E-state index in [9.17, 15) is 4.79 Å². The average Bonchev–Trinajstić information content (AvgIpc) is 2.39. The van der Waals surface area contributed by atoms with E-state index in [2.05, 4.69) is 50.0 Å². The molecule has 0 atom stereocenters. The first-order chi connectivity index (χ1) is 8.98. The molecule has 1 aliphatic heterocycles. The molecule has 1 saturated heterocycles. The highest BCUT2D eigenvalue weighted by atomic mass is 16.5. The second kappa shape index (κ2) is 5.28. The number of nitrogens with zero attached hydrogens (tertiary/aromatic N) is 1. The van der Waals surface area contributed by atoms with Gasteiger partial charge in [0.2, 0.25) is 6.08 Å². The number of isocyanates is 1. The van der Waals surface area contributed by atoms with E-state index in [4.69, 9.17) is 4.74 Å². The maximum Gasteiger partial charge on any atom is 0.235 e. The Bertz CT molecular complexity index is 472. The van der Waals surface area contributed by atoms with E-state index in [1.165, 1.54) is 5.56 Å². The Hall–Kier alpha value is -1.44. The van der Waals surface area contributed by atoms with Crippen LogP contribution in [0.1, 0.15) is 44.7 Å². The Kier molecular flexibility index (Phi) is 3.88. The molecule has 0 spiro atoms. The molecule has 102 valence electrons. The number of rotatable bonds is 2. The van der Waals surface area contributed by atoms with E-state index in [-0.39, 0.29) is 5.41 Å². The molecule has 1 aromatic carbocycles. The van der Waals surface area contributed by atoms with Gasteiger partial charge in [-0.05, 0) is 16.5 Å². The molecule has 1 aliphatic rings. The van der Waals surface area contributed by atoms with Crippen LogP contribution >= 0.6 is 0 Å². The zero-order valence-corrected chi connectivity index (χ0v) is 11.9. The number of benzene rings is 1. The van der Waals surface area contributed by atoms with Gasteiger partial charge in [-0.3, -0.25) is 0 Å². The fraction of sp³-hybridized carbons (Fsp3) is 0.562. The number of aliphatic imine (C=N–C) groups is 1.